The molecule has 0 atom stereocenters. The molecule has 1 aliphatic rings. The van der Waals surface area contributed by atoms with E-state index in [1.807, 2.05) is 0 Å². The largest absolute Gasteiger partial charge is 0.295 e. The molecule has 0 aliphatic heterocycles. The van der Waals surface area contributed by atoms with Gasteiger partial charge in [0.2, 0.25) is 0 Å². The average Bonchev–Trinajstić information content (AvgIpc) is 2.32. The summed E-state index contributed by atoms with van der Waals surface area (Å²) in [4.78, 5) is 0.0185. The lowest BCUT2D eigenvalue weighted by molar-refractivity contribution is 0.201. The predicted octanol–water partition coefficient (Wildman–Crippen LogP) is 4.77. The molecule has 0 unspecified atom stereocenters. The average molecular weight is 312 g/mol. The fourth-order valence-electron chi connectivity index (χ4n) is 2.75. The number of rotatable bonds is 1. The normalized spacial score (nSPS) is 18.8. The molecule has 1 saturated carbocycles. The molecule has 0 aromatic heterocycles. The molecule has 0 heterocycles. The Morgan fingerprint density at radius 3 is 1.81 bits per heavy atom. The van der Waals surface area contributed by atoms with Crippen molar-refractivity contribution in [2.45, 2.75) is 65.2 Å². The summed E-state index contributed by atoms with van der Waals surface area (Å²) in [5.41, 5.74) is 1.79. The van der Waals surface area contributed by atoms with Crippen LogP contribution < -0.4 is 0 Å². The summed E-state index contributed by atoms with van der Waals surface area (Å²) in [6.45, 7) is 10.4. The van der Waals surface area contributed by atoms with Crippen molar-refractivity contribution in [1.82, 2.24) is 0 Å². The Bertz CT molecular complexity index is 543. The first-order chi connectivity index (χ1) is 9.53. The molecule has 0 spiro atoms. The first kappa shape index (κ1) is 18.2. The van der Waals surface area contributed by atoms with Crippen molar-refractivity contribution in [3.8, 4) is 0 Å². The van der Waals surface area contributed by atoms with Gasteiger partial charge >= 0.3 is 0 Å². The first-order valence-corrected chi connectivity index (χ1v) is 9.01. The van der Waals surface area contributed by atoms with Gasteiger partial charge in [-0.2, -0.15) is 8.42 Å². The van der Waals surface area contributed by atoms with Crippen LogP contribution in [0.1, 0.15) is 57.6 Å². The molecule has 0 radical (unpaired) electrons. The van der Waals surface area contributed by atoms with Crippen LogP contribution in [0.4, 0.5) is 0 Å². The van der Waals surface area contributed by atoms with E-state index < -0.39 is 10.1 Å². The standard InChI is InChI=1S/C9H18.C8H10O3S/c1-8-4-6-9(2,3)7-5-8;1-6-4-3-5-7(2)8(6)12(9,10)11/h8H,4-7H2,1-3H3;3-5H,1-2H3,(H,9,10,11). The first-order valence-electron chi connectivity index (χ1n) is 7.57. The Labute approximate surface area is 129 Å². The minimum Gasteiger partial charge on any atom is -0.282 e. The minimum atomic E-state index is -4.06. The summed E-state index contributed by atoms with van der Waals surface area (Å²) in [7, 11) is -4.06. The van der Waals surface area contributed by atoms with Gasteiger partial charge in [0.05, 0.1) is 4.90 Å². The van der Waals surface area contributed by atoms with Crippen LogP contribution in [0.15, 0.2) is 23.1 Å². The van der Waals surface area contributed by atoms with E-state index in [0.29, 0.717) is 16.5 Å². The van der Waals surface area contributed by atoms with Crippen molar-refractivity contribution in [2.24, 2.45) is 11.3 Å². The fourth-order valence-corrected chi connectivity index (χ4v) is 3.70. The van der Waals surface area contributed by atoms with Gasteiger partial charge in [-0.25, -0.2) is 0 Å². The van der Waals surface area contributed by atoms with Gasteiger partial charge in [0.25, 0.3) is 10.1 Å². The van der Waals surface area contributed by atoms with Crippen molar-refractivity contribution >= 4 is 10.1 Å². The molecular formula is C17H28O3S. The van der Waals surface area contributed by atoms with E-state index in [-0.39, 0.29) is 4.90 Å². The molecule has 4 heteroatoms. The highest BCUT2D eigenvalue weighted by atomic mass is 32.2. The zero-order valence-electron chi connectivity index (χ0n) is 13.8. The molecule has 120 valence electrons. The van der Waals surface area contributed by atoms with Crippen LogP contribution in [-0.2, 0) is 10.1 Å². The second-order valence-electron chi connectivity index (χ2n) is 7.04. The van der Waals surface area contributed by atoms with Gasteiger partial charge in [-0.3, -0.25) is 4.55 Å². The van der Waals surface area contributed by atoms with Gasteiger partial charge in [0.1, 0.15) is 0 Å². The topological polar surface area (TPSA) is 54.4 Å². The number of hydrogen-bond acceptors (Lipinski definition) is 2. The third-order valence-electron chi connectivity index (χ3n) is 4.29. The highest BCUT2D eigenvalue weighted by Gasteiger charge is 2.24. The van der Waals surface area contributed by atoms with Crippen molar-refractivity contribution in [3.63, 3.8) is 0 Å². The van der Waals surface area contributed by atoms with Crippen LogP contribution in [-0.4, -0.2) is 13.0 Å². The summed E-state index contributed by atoms with van der Waals surface area (Å²) in [5, 5.41) is 0. The fraction of sp³-hybridized carbons (Fsp3) is 0.647. The maximum absolute atomic E-state index is 10.8. The van der Waals surface area contributed by atoms with Gasteiger partial charge in [-0.15, -0.1) is 0 Å². The SMILES string of the molecule is CC1CCC(C)(C)CC1.Cc1cccc(C)c1S(=O)(=O)O. The van der Waals surface area contributed by atoms with E-state index in [4.69, 9.17) is 4.55 Å². The van der Waals surface area contributed by atoms with E-state index in [0.717, 1.165) is 5.92 Å². The summed E-state index contributed by atoms with van der Waals surface area (Å²) in [6, 6.07) is 5.05. The van der Waals surface area contributed by atoms with E-state index >= 15 is 0 Å². The van der Waals surface area contributed by atoms with Crippen LogP contribution in [0.25, 0.3) is 0 Å². The highest BCUT2D eigenvalue weighted by Crippen LogP contribution is 2.37. The molecule has 2 rings (SSSR count). The molecule has 1 aliphatic carbocycles. The van der Waals surface area contributed by atoms with E-state index in [9.17, 15) is 8.42 Å². The van der Waals surface area contributed by atoms with Crippen molar-refractivity contribution < 1.29 is 13.0 Å². The van der Waals surface area contributed by atoms with E-state index in [2.05, 4.69) is 20.8 Å². The van der Waals surface area contributed by atoms with Gasteiger partial charge in [-0.05, 0) is 49.1 Å². The molecule has 1 aromatic rings. The molecule has 3 nitrogen and oxygen atoms in total. The van der Waals surface area contributed by atoms with Gasteiger partial charge in [0, 0.05) is 0 Å². The van der Waals surface area contributed by atoms with Gasteiger partial charge < -0.3 is 0 Å². The Hall–Kier alpha value is -0.870. The highest BCUT2D eigenvalue weighted by molar-refractivity contribution is 7.86. The molecule has 1 N–H and O–H groups in total. The third kappa shape index (κ3) is 5.79. The lowest BCUT2D eigenvalue weighted by Gasteiger charge is -2.32. The van der Waals surface area contributed by atoms with Crippen LogP contribution in [0.2, 0.25) is 0 Å². The van der Waals surface area contributed by atoms with Crippen molar-refractivity contribution in [1.29, 1.82) is 0 Å². The van der Waals surface area contributed by atoms with Crippen LogP contribution >= 0.6 is 0 Å². The molecular weight excluding hydrogens is 284 g/mol. The van der Waals surface area contributed by atoms with E-state index in [1.165, 1.54) is 25.7 Å². The molecule has 0 bridgehead atoms. The predicted molar refractivity (Wildman–Crippen MR) is 87.1 cm³/mol. The van der Waals surface area contributed by atoms with Gasteiger partial charge in [0.15, 0.2) is 0 Å². The van der Waals surface area contributed by atoms with Crippen LogP contribution in [0.3, 0.4) is 0 Å². The van der Waals surface area contributed by atoms with Crippen molar-refractivity contribution in [3.05, 3.63) is 29.3 Å². The minimum absolute atomic E-state index is 0.0185. The molecule has 1 fully saturated rings. The lowest BCUT2D eigenvalue weighted by Crippen LogP contribution is -2.19. The monoisotopic (exact) mass is 312 g/mol. The van der Waals surface area contributed by atoms with Crippen molar-refractivity contribution in [2.75, 3.05) is 0 Å². The van der Waals surface area contributed by atoms with Crippen LogP contribution in [0.5, 0.6) is 0 Å². The molecule has 21 heavy (non-hydrogen) atoms. The van der Waals surface area contributed by atoms with Gasteiger partial charge in [-0.1, -0.05) is 51.8 Å². The molecule has 1 aromatic carbocycles. The third-order valence-corrected chi connectivity index (χ3v) is 5.45. The second-order valence-corrected chi connectivity index (χ2v) is 8.40. The number of hydrogen-bond donors (Lipinski definition) is 1. The smallest absolute Gasteiger partial charge is 0.282 e. The zero-order chi connectivity index (χ0) is 16.3. The Balaban J connectivity index is 0.000000219. The maximum atomic E-state index is 10.8. The number of aryl methyl sites for hydroxylation is 2. The summed E-state index contributed by atoms with van der Waals surface area (Å²) >= 11 is 0. The Morgan fingerprint density at radius 1 is 1.10 bits per heavy atom. The zero-order valence-corrected chi connectivity index (χ0v) is 14.6. The Morgan fingerprint density at radius 2 is 1.52 bits per heavy atom. The quantitative estimate of drug-likeness (QED) is 0.760. The number of benzene rings is 1. The lowest BCUT2D eigenvalue weighted by atomic mass is 9.74. The maximum Gasteiger partial charge on any atom is 0.295 e. The molecule has 0 amide bonds. The second kappa shape index (κ2) is 6.93. The van der Waals surface area contributed by atoms with Crippen LogP contribution in [0, 0.1) is 25.2 Å². The van der Waals surface area contributed by atoms with E-state index in [1.54, 1.807) is 32.0 Å². The summed E-state index contributed by atoms with van der Waals surface area (Å²) in [5.74, 6) is 0.998. The summed E-state index contributed by atoms with van der Waals surface area (Å²) < 4.78 is 30.5. The Kier molecular flexibility index (Phi) is 6.00. The molecule has 0 saturated heterocycles. The summed E-state index contributed by atoms with van der Waals surface area (Å²) in [6.07, 6.45) is 5.78.